The molecule has 7 aromatic rings. The number of rotatable bonds is 30. The number of nitrogens with one attached hydrogen (secondary N) is 10. The zero-order valence-electron chi connectivity index (χ0n) is 45.7. The Kier molecular flexibility index (Phi) is 22.2. The van der Waals surface area contributed by atoms with Crippen molar-refractivity contribution in [3.8, 4) is 0 Å². The maximum atomic E-state index is 14.9. The average molecular weight is 1160 g/mol. The summed E-state index contributed by atoms with van der Waals surface area (Å²) in [5, 5.41) is 21.7. The Morgan fingerprint density at radius 2 is 0.829 bits per heavy atom. The molecular weight excluding hydrogens is 1080 g/mol. The van der Waals surface area contributed by atoms with Crippen molar-refractivity contribution in [1.29, 1.82) is 0 Å². The fourth-order valence-corrected chi connectivity index (χ4v) is 10.2. The highest BCUT2D eigenvalue weighted by Crippen LogP contribution is 2.23. The Morgan fingerprint density at radius 1 is 0.451 bits per heavy atom. The van der Waals surface area contributed by atoms with E-state index >= 15 is 0 Å². The van der Waals surface area contributed by atoms with Gasteiger partial charge in [-0.3, -0.25) is 38.4 Å². The summed E-state index contributed by atoms with van der Waals surface area (Å²) in [5.41, 5.74) is 23.2. The van der Waals surface area contributed by atoms with E-state index in [2.05, 4.69) is 77.4 Å². The van der Waals surface area contributed by atoms with Gasteiger partial charge in [-0.25, -0.2) is 0 Å². The second kappa shape index (κ2) is 29.6. The van der Waals surface area contributed by atoms with Crippen LogP contribution < -0.4 is 54.4 Å². The first-order valence-corrected chi connectivity index (χ1v) is 28.5. The molecule has 23 heteroatoms. The summed E-state index contributed by atoms with van der Waals surface area (Å²) in [7, 11) is 0. The molecule has 3 heterocycles. The maximum Gasteiger partial charge on any atom is 0.244 e. The monoisotopic (exact) mass is 1160 g/mol. The number of unbranched alkanes of at least 4 members (excludes halogenated alkanes) is 1. The number of fused-ring (bicyclic) bond motifs is 3. The third kappa shape index (κ3) is 16.3. The SMILES string of the molecule is CC(C)[C@H](NC(=O)[C@H](CCCCN)NC(=O)[C@@H](Cc1c[nH]c2ccccc12)NC(=O)[C@H](Cc1c[nH]c2ccccc12)NC(=O)[C@H](CS)NC(=O)[C@H](N)Cc1ccccc1)C(=O)N[C@@H](CS)C(=O)N[C@@H](Cc1c[nH]c2ccccc12)C(N)=O. The van der Waals surface area contributed by atoms with E-state index in [1.807, 2.05) is 103 Å². The van der Waals surface area contributed by atoms with Gasteiger partial charge < -0.3 is 69.4 Å². The van der Waals surface area contributed by atoms with E-state index in [1.54, 1.807) is 32.4 Å². The van der Waals surface area contributed by atoms with E-state index in [-0.39, 0.29) is 50.2 Å². The summed E-state index contributed by atoms with van der Waals surface area (Å²) in [4.78, 5) is 122. The Labute approximate surface area is 485 Å². The van der Waals surface area contributed by atoms with Crippen molar-refractivity contribution in [2.75, 3.05) is 18.1 Å². The molecule has 434 valence electrons. The molecule has 82 heavy (non-hydrogen) atoms. The van der Waals surface area contributed by atoms with Crippen LogP contribution in [0.1, 0.15) is 55.4 Å². The Hall–Kier alpha value is -8.12. The summed E-state index contributed by atoms with van der Waals surface area (Å²) < 4.78 is 0. The van der Waals surface area contributed by atoms with E-state index < -0.39 is 102 Å². The lowest BCUT2D eigenvalue weighted by Crippen LogP contribution is -2.61. The highest BCUT2D eigenvalue weighted by Gasteiger charge is 2.36. The largest absolute Gasteiger partial charge is 0.368 e. The Bertz CT molecular complexity index is 3350. The van der Waals surface area contributed by atoms with E-state index in [9.17, 15) is 38.4 Å². The maximum absolute atomic E-state index is 14.9. The quantitative estimate of drug-likeness (QED) is 0.0230. The van der Waals surface area contributed by atoms with Crippen LogP contribution in [-0.2, 0) is 64.0 Å². The second-order valence-electron chi connectivity index (χ2n) is 20.6. The van der Waals surface area contributed by atoms with Crippen LogP contribution in [0.2, 0.25) is 0 Å². The molecule has 0 fully saturated rings. The number of H-pyrrole nitrogens is 3. The second-order valence-corrected chi connectivity index (χ2v) is 21.4. The number of hydrogen-bond donors (Lipinski definition) is 15. The molecule has 8 amide bonds. The van der Waals surface area contributed by atoms with Crippen molar-refractivity contribution in [3.63, 3.8) is 0 Å². The minimum absolute atomic E-state index is 0.0565. The lowest BCUT2D eigenvalue weighted by Gasteiger charge is -2.29. The normalized spacial score (nSPS) is 14.4. The lowest BCUT2D eigenvalue weighted by atomic mass is 9.99. The summed E-state index contributed by atoms with van der Waals surface area (Å²) in [6.45, 7) is 3.67. The van der Waals surface area contributed by atoms with Crippen molar-refractivity contribution in [2.45, 2.75) is 107 Å². The summed E-state index contributed by atoms with van der Waals surface area (Å²) in [6.07, 6.45) is 6.25. The van der Waals surface area contributed by atoms with E-state index in [0.29, 0.717) is 24.0 Å². The van der Waals surface area contributed by atoms with Gasteiger partial charge in [-0.05, 0) is 78.6 Å². The van der Waals surface area contributed by atoms with Gasteiger partial charge in [-0.2, -0.15) is 25.3 Å². The highest BCUT2D eigenvalue weighted by molar-refractivity contribution is 7.80. The van der Waals surface area contributed by atoms with Crippen LogP contribution >= 0.6 is 25.3 Å². The number of benzene rings is 4. The molecular formula is C59H73N13O8S2. The van der Waals surface area contributed by atoms with Crippen molar-refractivity contribution in [2.24, 2.45) is 23.1 Å². The van der Waals surface area contributed by atoms with Gasteiger partial charge in [0.15, 0.2) is 0 Å². The minimum atomic E-state index is -1.37. The van der Waals surface area contributed by atoms with Gasteiger partial charge in [0.1, 0.15) is 42.3 Å². The number of aromatic amines is 3. The molecule has 0 unspecified atom stereocenters. The predicted molar refractivity (Wildman–Crippen MR) is 322 cm³/mol. The van der Waals surface area contributed by atoms with Crippen LogP contribution in [0, 0.1) is 5.92 Å². The topological polar surface area (TPSA) is 346 Å². The zero-order chi connectivity index (χ0) is 58.9. The van der Waals surface area contributed by atoms with Gasteiger partial charge in [0.25, 0.3) is 0 Å². The number of amides is 8. The molecule has 0 bridgehead atoms. The number of nitrogens with two attached hydrogens (primary N) is 3. The van der Waals surface area contributed by atoms with Crippen molar-refractivity contribution >= 4 is 105 Å². The fraction of sp³-hybridized carbons (Fsp3) is 0.356. The van der Waals surface area contributed by atoms with Gasteiger partial charge in [0.05, 0.1) is 6.04 Å². The average Bonchev–Trinajstić information content (AvgIpc) is 4.43. The third-order valence-corrected chi connectivity index (χ3v) is 15.0. The van der Waals surface area contributed by atoms with E-state index in [1.165, 1.54) is 0 Å². The zero-order valence-corrected chi connectivity index (χ0v) is 47.5. The van der Waals surface area contributed by atoms with E-state index in [4.69, 9.17) is 17.2 Å². The smallest absolute Gasteiger partial charge is 0.244 e. The van der Waals surface area contributed by atoms with Crippen molar-refractivity contribution < 1.29 is 38.4 Å². The molecule has 0 saturated heterocycles. The molecule has 0 aliphatic carbocycles. The van der Waals surface area contributed by atoms with Gasteiger partial charge in [0, 0.05) is 82.1 Å². The fourth-order valence-electron chi connectivity index (χ4n) is 9.73. The Balaban J connectivity index is 1.10. The molecule has 8 atom stereocenters. The van der Waals surface area contributed by atoms with Crippen LogP contribution in [0.15, 0.2) is 122 Å². The molecule has 0 aliphatic rings. The number of carbonyl (C=O) groups is 8. The third-order valence-electron chi connectivity index (χ3n) is 14.3. The summed E-state index contributed by atoms with van der Waals surface area (Å²) in [6, 6.07) is 21.6. The van der Waals surface area contributed by atoms with Gasteiger partial charge >= 0.3 is 0 Å². The molecule has 4 aromatic carbocycles. The van der Waals surface area contributed by atoms with E-state index in [0.717, 1.165) is 43.8 Å². The highest BCUT2D eigenvalue weighted by atomic mass is 32.1. The molecule has 3 aromatic heterocycles. The Morgan fingerprint density at radius 3 is 1.27 bits per heavy atom. The number of para-hydroxylation sites is 3. The van der Waals surface area contributed by atoms with Crippen LogP contribution in [0.3, 0.4) is 0 Å². The molecule has 0 saturated carbocycles. The predicted octanol–water partition coefficient (Wildman–Crippen LogP) is 2.25. The van der Waals surface area contributed by atoms with Gasteiger partial charge in [-0.1, -0.05) is 98.8 Å². The number of thiol groups is 2. The first-order valence-electron chi connectivity index (χ1n) is 27.3. The molecule has 21 nitrogen and oxygen atoms in total. The van der Waals surface area contributed by atoms with Crippen LogP contribution in [0.4, 0.5) is 0 Å². The lowest BCUT2D eigenvalue weighted by molar-refractivity contribution is -0.136. The molecule has 0 radical (unpaired) electrons. The van der Waals surface area contributed by atoms with Gasteiger partial charge in [-0.15, -0.1) is 0 Å². The first-order chi connectivity index (χ1) is 39.5. The number of primary amides is 1. The van der Waals surface area contributed by atoms with Crippen LogP contribution in [0.5, 0.6) is 0 Å². The summed E-state index contributed by atoms with van der Waals surface area (Å²) >= 11 is 8.72. The minimum Gasteiger partial charge on any atom is -0.368 e. The molecule has 16 N–H and O–H groups in total. The van der Waals surface area contributed by atoms with Crippen LogP contribution in [0.25, 0.3) is 32.7 Å². The first kappa shape index (κ1) is 61.5. The summed E-state index contributed by atoms with van der Waals surface area (Å²) in [5.74, 6) is -6.72. The number of hydrogen-bond acceptors (Lipinski definition) is 12. The number of aromatic nitrogens is 3. The standard InChI is InChI=1S/C59H73N13O8S2/c1-33(2)51(59(80)71-50(32-82)57(78)67-46(52(62)73)25-35-28-63-42-19-9-6-16-38(35)42)72-54(75)45(22-12-13-23-60)66-55(76)47(26-36-29-64-43-20-10-7-17-39(36)43)68-56(77)48(27-37-30-65-44-21-11-8-18-40(37)44)69-58(79)49(31-81)70-53(74)41(61)24-34-14-4-3-5-15-34/h3-11,14-21,28-30,33,41,45-51,63-65,81-82H,12-13,22-27,31-32,60-61H2,1-2H3,(H2,62,73)(H,66,76)(H,67,78)(H,68,77)(H,69,79)(H,70,74)(H,71,80)(H,72,75)/t41-,45+,46+,47-,48+,49+,50+,51+/m1/s1. The van der Waals surface area contributed by atoms with Crippen molar-refractivity contribution in [3.05, 3.63) is 144 Å². The molecule has 0 spiro atoms. The van der Waals surface area contributed by atoms with Crippen LogP contribution in [-0.4, -0.2) is 129 Å². The molecule has 7 rings (SSSR count). The van der Waals surface area contributed by atoms with Gasteiger partial charge in [0.2, 0.25) is 47.3 Å². The van der Waals surface area contributed by atoms with Crippen molar-refractivity contribution in [1.82, 2.24) is 52.2 Å². The molecule has 0 aliphatic heterocycles. The number of carbonyl (C=O) groups excluding carboxylic acids is 8.